The minimum atomic E-state index is 0.112. The minimum absolute atomic E-state index is 0.112. The first kappa shape index (κ1) is 16.0. The molecule has 1 saturated heterocycles. The van der Waals surface area contributed by atoms with Crippen molar-refractivity contribution in [1.82, 2.24) is 15.5 Å². The summed E-state index contributed by atoms with van der Waals surface area (Å²) in [5.74, 6) is 1.25. The van der Waals surface area contributed by atoms with E-state index in [1.54, 1.807) is 6.26 Å². The first-order chi connectivity index (χ1) is 10.3. The summed E-state index contributed by atoms with van der Waals surface area (Å²) in [5, 5.41) is 6.41. The zero-order valence-corrected chi connectivity index (χ0v) is 13.1. The molecular formula is C16H27N3O2. The molecule has 0 radical (unpaired) electrons. The Bertz CT molecular complexity index is 409. The van der Waals surface area contributed by atoms with Gasteiger partial charge in [0.15, 0.2) is 0 Å². The van der Waals surface area contributed by atoms with Crippen molar-refractivity contribution in [2.24, 2.45) is 5.92 Å². The molecule has 5 heteroatoms. The molecule has 2 rings (SSSR count). The van der Waals surface area contributed by atoms with Gasteiger partial charge in [-0.2, -0.15) is 0 Å². The molecule has 2 N–H and O–H groups in total. The van der Waals surface area contributed by atoms with Crippen LogP contribution in [0.15, 0.2) is 22.8 Å². The molecule has 1 aliphatic rings. The van der Waals surface area contributed by atoms with Crippen molar-refractivity contribution in [3.05, 3.63) is 24.2 Å². The SMILES string of the molecule is CCN(CC)C(CNC(=O)C1CCNCC1)c1ccco1. The van der Waals surface area contributed by atoms with Gasteiger partial charge in [-0.3, -0.25) is 9.69 Å². The topological polar surface area (TPSA) is 57.5 Å². The van der Waals surface area contributed by atoms with Crippen LogP contribution in [0, 0.1) is 5.92 Å². The molecule has 1 amide bonds. The van der Waals surface area contributed by atoms with E-state index < -0.39 is 0 Å². The lowest BCUT2D eigenvalue weighted by Gasteiger charge is -2.29. The molecular weight excluding hydrogens is 266 g/mol. The van der Waals surface area contributed by atoms with Crippen LogP contribution in [0.1, 0.15) is 38.5 Å². The zero-order valence-electron chi connectivity index (χ0n) is 13.1. The number of hydrogen-bond acceptors (Lipinski definition) is 4. The second kappa shape index (κ2) is 8.20. The Hall–Kier alpha value is -1.33. The molecule has 1 aromatic rings. The van der Waals surface area contributed by atoms with Gasteiger partial charge in [-0.05, 0) is 51.2 Å². The van der Waals surface area contributed by atoms with Crippen molar-refractivity contribution < 1.29 is 9.21 Å². The highest BCUT2D eigenvalue weighted by Crippen LogP contribution is 2.20. The smallest absolute Gasteiger partial charge is 0.223 e. The molecule has 0 bridgehead atoms. The van der Waals surface area contributed by atoms with E-state index in [0.29, 0.717) is 6.54 Å². The number of likely N-dealkylation sites (N-methyl/N-ethyl adjacent to an activating group) is 1. The van der Waals surface area contributed by atoms with Crippen LogP contribution < -0.4 is 10.6 Å². The Kier molecular flexibility index (Phi) is 6.26. The zero-order chi connectivity index (χ0) is 15.1. The van der Waals surface area contributed by atoms with E-state index in [-0.39, 0.29) is 17.9 Å². The average molecular weight is 293 g/mol. The van der Waals surface area contributed by atoms with Gasteiger partial charge >= 0.3 is 0 Å². The lowest BCUT2D eigenvalue weighted by Crippen LogP contribution is -2.42. The number of hydrogen-bond donors (Lipinski definition) is 2. The summed E-state index contributed by atoms with van der Waals surface area (Å²) in [6.45, 7) is 8.63. The molecule has 21 heavy (non-hydrogen) atoms. The largest absolute Gasteiger partial charge is 0.468 e. The van der Waals surface area contributed by atoms with E-state index in [2.05, 4.69) is 29.4 Å². The molecule has 1 aliphatic heterocycles. The van der Waals surface area contributed by atoms with Crippen LogP contribution in [0.2, 0.25) is 0 Å². The summed E-state index contributed by atoms with van der Waals surface area (Å²) in [5.41, 5.74) is 0. The molecule has 0 saturated carbocycles. The van der Waals surface area contributed by atoms with E-state index in [0.717, 1.165) is 44.8 Å². The summed E-state index contributed by atoms with van der Waals surface area (Å²) in [6, 6.07) is 4.00. The Labute approximate surface area is 127 Å². The highest BCUT2D eigenvalue weighted by atomic mass is 16.3. The van der Waals surface area contributed by atoms with E-state index in [4.69, 9.17) is 4.42 Å². The summed E-state index contributed by atoms with van der Waals surface area (Å²) in [7, 11) is 0. The Morgan fingerprint density at radius 1 is 1.43 bits per heavy atom. The van der Waals surface area contributed by atoms with Gasteiger partial charge in [0, 0.05) is 12.5 Å². The number of nitrogens with one attached hydrogen (secondary N) is 2. The van der Waals surface area contributed by atoms with Crippen molar-refractivity contribution in [2.45, 2.75) is 32.7 Å². The standard InChI is InChI=1S/C16H27N3O2/c1-3-19(4-2)14(15-6-5-11-21-15)12-18-16(20)13-7-9-17-10-8-13/h5-6,11,13-14,17H,3-4,7-10,12H2,1-2H3,(H,18,20). The lowest BCUT2D eigenvalue weighted by atomic mass is 9.97. The van der Waals surface area contributed by atoms with E-state index >= 15 is 0 Å². The lowest BCUT2D eigenvalue weighted by molar-refractivity contribution is -0.126. The molecule has 0 aromatic carbocycles. The van der Waals surface area contributed by atoms with Crippen molar-refractivity contribution in [3.8, 4) is 0 Å². The number of amides is 1. The number of furan rings is 1. The maximum absolute atomic E-state index is 12.3. The monoisotopic (exact) mass is 293 g/mol. The van der Waals surface area contributed by atoms with E-state index in [9.17, 15) is 4.79 Å². The van der Waals surface area contributed by atoms with Gasteiger partial charge in [0.25, 0.3) is 0 Å². The Morgan fingerprint density at radius 2 is 2.14 bits per heavy atom. The molecule has 1 aromatic heterocycles. The first-order valence-electron chi connectivity index (χ1n) is 8.02. The highest BCUT2D eigenvalue weighted by Gasteiger charge is 2.24. The second-order valence-electron chi connectivity index (χ2n) is 5.52. The Morgan fingerprint density at radius 3 is 2.71 bits per heavy atom. The summed E-state index contributed by atoms with van der Waals surface area (Å²) in [6.07, 6.45) is 3.56. The third-order valence-corrected chi connectivity index (χ3v) is 4.30. The van der Waals surface area contributed by atoms with Crippen LogP contribution in [0.4, 0.5) is 0 Å². The molecule has 1 atom stereocenters. The van der Waals surface area contributed by atoms with E-state index in [1.165, 1.54) is 0 Å². The van der Waals surface area contributed by atoms with E-state index in [1.807, 2.05) is 12.1 Å². The van der Waals surface area contributed by atoms with Gasteiger partial charge in [-0.25, -0.2) is 0 Å². The van der Waals surface area contributed by atoms with Crippen molar-refractivity contribution in [3.63, 3.8) is 0 Å². The third kappa shape index (κ3) is 4.32. The molecule has 118 valence electrons. The fourth-order valence-corrected chi connectivity index (χ4v) is 2.98. The average Bonchev–Trinajstić information content (AvgIpc) is 3.06. The summed E-state index contributed by atoms with van der Waals surface area (Å²) < 4.78 is 5.56. The number of carbonyl (C=O) groups excluding carboxylic acids is 1. The molecule has 1 fully saturated rings. The maximum atomic E-state index is 12.3. The third-order valence-electron chi connectivity index (χ3n) is 4.30. The van der Waals surface area contributed by atoms with Crippen LogP contribution in [0.25, 0.3) is 0 Å². The van der Waals surface area contributed by atoms with Crippen LogP contribution in [-0.2, 0) is 4.79 Å². The first-order valence-corrected chi connectivity index (χ1v) is 8.02. The molecule has 5 nitrogen and oxygen atoms in total. The molecule has 2 heterocycles. The fourth-order valence-electron chi connectivity index (χ4n) is 2.98. The number of piperidine rings is 1. The predicted molar refractivity (Wildman–Crippen MR) is 83.0 cm³/mol. The normalized spacial score (nSPS) is 17.9. The molecule has 0 spiro atoms. The molecule has 0 aliphatic carbocycles. The van der Waals surface area contributed by atoms with Crippen LogP contribution in [0.5, 0.6) is 0 Å². The van der Waals surface area contributed by atoms with Crippen molar-refractivity contribution in [1.29, 1.82) is 0 Å². The number of rotatable bonds is 7. The highest BCUT2D eigenvalue weighted by molar-refractivity contribution is 5.78. The van der Waals surface area contributed by atoms with Gasteiger partial charge in [0.1, 0.15) is 5.76 Å². The predicted octanol–water partition coefficient (Wildman–Crippen LogP) is 1.78. The van der Waals surface area contributed by atoms with Crippen molar-refractivity contribution >= 4 is 5.91 Å². The van der Waals surface area contributed by atoms with Gasteiger partial charge in [-0.1, -0.05) is 13.8 Å². The van der Waals surface area contributed by atoms with Gasteiger partial charge in [-0.15, -0.1) is 0 Å². The van der Waals surface area contributed by atoms with Crippen molar-refractivity contribution in [2.75, 3.05) is 32.7 Å². The van der Waals surface area contributed by atoms with Crippen LogP contribution in [-0.4, -0.2) is 43.5 Å². The molecule has 1 unspecified atom stereocenters. The van der Waals surface area contributed by atoms with Gasteiger partial charge in [0.05, 0.1) is 12.3 Å². The quantitative estimate of drug-likeness (QED) is 0.804. The van der Waals surface area contributed by atoms with Gasteiger partial charge in [0.2, 0.25) is 5.91 Å². The van der Waals surface area contributed by atoms with Crippen LogP contribution >= 0.6 is 0 Å². The number of nitrogens with zero attached hydrogens (tertiary/aromatic N) is 1. The maximum Gasteiger partial charge on any atom is 0.223 e. The summed E-state index contributed by atoms with van der Waals surface area (Å²) >= 11 is 0. The fraction of sp³-hybridized carbons (Fsp3) is 0.688. The van der Waals surface area contributed by atoms with Crippen LogP contribution in [0.3, 0.4) is 0 Å². The Balaban J connectivity index is 1.93. The minimum Gasteiger partial charge on any atom is -0.468 e. The van der Waals surface area contributed by atoms with Gasteiger partial charge < -0.3 is 15.1 Å². The second-order valence-corrected chi connectivity index (χ2v) is 5.52. The summed E-state index contributed by atoms with van der Waals surface area (Å²) in [4.78, 5) is 14.6. The number of carbonyl (C=O) groups is 1.